The summed E-state index contributed by atoms with van der Waals surface area (Å²) in [7, 11) is 1.66. The number of carbonyl (C=O) groups is 2. The maximum Gasteiger partial charge on any atom is 0.224 e. The monoisotopic (exact) mass is 294 g/mol. The molecule has 1 aromatic carbocycles. The zero-order chi connectivity index (χ0) is 14.7. The maximum absolute atomic E-state index is 11.8. The molecule has 1 saturated heterocycles. The molecule has 0 radical (unpaired) electrons. The minimum atomic E-state index is -0.00250. The summed E-state index contributed by atoms with van der Waals surface area (Å²) in [4.78, 5) is 25.2. The molecule has 20 heavy (non-hydrogen) atoms. The Balaban J connectivity index is 2.19. The molecule has 1 unspecified atom stereocenters. The summed E-state index contributed by atoms with van der Waals surface area (Å²) in [5.74, 6) is 0.0730. The first-order valence-electron chi connectivity index (χ1n) is 6.80. The molecule has 1 aromatic rings. The second kappa shape index (κ2) is 6.27. The van der Waals surface area contributed by atoms with Crippen molar-refractivity contribution in [2.75, 3.05) is 25.0 Å². The van der Waals surface area contributed by atoms with Crippen molar-refractivity contribution in [3.05, 3.63) is 28.8 Å². The van der Waals surface area contributed by atoms with Gasteiger partial charge in [-0.2, -0.15) is 0 Å². The second-order valence-corrected chi connectivity index (χ2v) is 5.53. The van der Waals surface area contributed by atoms with Crippen LogP contribution in [0.2, 0.25) is 5.02 Å². The Morgan fingerprint density at radius 2 is 2.15 bits per heavy atom. The molecule has 0 bridgehead atoms. The average Bonchev–Trinajstić information content (AvgIpc) is 2.46. The predicted molar refractivity (Wildman–Crippen MR) is 80.5 cm³/mol. The number of anilines is 1. The molecule has 1 atom stereocenters. The van der Waals surface area contributed by atoms with E-state index in [1.54, 1.807) is 19.2 Å². The van der Waals surface area contributed by atoms with Gasteiger partial charge in [0.05, 0.1) is 16.6 Å². The molecule has 0 saturated carbocycles. The zero-order valence-corrected chi connectivity index (χ0v) is 12.5. The van der Waals surface area contributed by atoms with Crippen molar-refractivity contribution in [1.29, 1.82) is 0 Å². The van der Waals surface area contributed by atoms with Crippen molar-refractivity contribution in [2.45, 2.75) is 19.8 Å². The van der Waals surface area contributed by atoms with Crippen LogP contribution in [0, 0.1) is 5.92 Å². The number of amides is 1. The number of hydrogen-bond acceptors (Lipinski definition) is 3. The minimum Gasteiger partial charge on any atom is -0.370 e. The van der Waals surface area contributed by atoms with E-state index >= 15 is 0 Å². The summed E-state index contributed by atoms with van der Waals surface area (Å²) < 4.78 is 0. The third-order valence-corrected chi connectivity index (χ3v) is 4.04. The van der Waals surface area contributed by atoms with Gasteiger partial charge in [-0.05, 0) is 38.0 Å². The lowest BCUT2D eigenvalue weighted by molar-refractivity contribution is -0.124. The molecular formula is C15H19ClN2O2. The molecule has 1 heterocycles. The fourth-order valence-electron chi connectivity index (χ4n) is 2.60. The molecule has 0 aliphatic carbocycles. The van der Waals surface area contributed by atoms with E-state index in [2.05, 4.69) is 10.2 Å². The van der Waals surface area contributed by atoms with Gasteiger partial charge in [-0.15, -0.1) is 0 Å². The van der Waals surface area contributed by atoms with E-state index in [9.17, 15) is 9.59 Å². The summed E-state index contributed by atoms with van der Waals surface area (Å²) in [5, 5.41) is 3.27. The quantitative estimate of drug-likeness (QED) is 0.872. The Kier molecular flexibility index (Phi) is 4.65. The number of benzene rings is 1. The van der Waals surface area contributed by atoms with Crippen LogP contribution in [0.3, 0.4) is 0 Å². The lowest BCUT2D eigenvalue weighted by Crippen LogP contribution is -2.42. The third-order valence-electron chi connectivity index (χ3n) is 3.73. The van der Waals surface area contributed by atoms with Crippen molar-refractivity contribution >= 4 is 29.0 Å². The van der Waals surface area contributed by atoms with Gasteiger partial charge in [-0.25, -0.2) is 0 Å². The summed E-state index contributed by atoms with van der Waals surface area (Å²) in [6.07, 6.45) is 1.86. The van der Waals surface area contributed by atoms with Gasteiger partial charge in [-0.3, -0.25) is 9.59 Å². The first kappa shape index (κ1) is 14.9. The lowest BCUT2D eigenvalue weighted by atomic mass is 9.96. The van der Waals surface area contributed by atoms with Gasteiger partial charge in [0.1, 0.15) is 0 Å². The van der Waals surface area contributed by atoms with Crippen molar-refractivity contribution in [3.8, 4) is 0 Å². The fourth-order valence-corrected chi connectivity index (χ4v) is 2.90. The number of Topliss-reactive ketones (excluding diaryl/α,β-unsaturated/α-hetero) is 1. The number of nitrogens with zero attached hydrogens (tertiary/aromatic N) is 1. The largest absolute Gasteiger partial charge is 0.370 e. The Morgan fingerprint density at radius 1 is 1.40 bits per heavy atom. The van der Waals surface area contributed by atoms with Crippen LogP contribution in [0.25, 0.3) is 0 Å². The molecule has 5 heteroatoms. The van der Waals surface area contributed by atoms with Crippen LogP contribution >= 0.6 is 11.6 Å². The van der Waals surface area contributed by atoms with Gasteiger partial charge in [-0.1, -0.05) is 11.6 Å². The van der Waals surface area contributed by atoms with Gasteiger partial charge < -0.3 is 10.2 Å². The van der Waals surface area contributed by atoms with Crippen molar-refractivity contribution < 1.29 is 9.59 Å². The molecular weight excluding hydrogens is 276 g/mol. The van der Waals surface area contributed by atoms with Crippen LogP contribution in [0.1, 0.15) is 30.1 Å². The fraction of sp³-hybridized carbons (Fsp3) is 0.467. The zero-order valence-electron chi connectivity index (χ0n) is 11.8. The number of ketones is 1. The number of nitrogens with one attached hydrogen (secondary N) is 1. The normalized spacial score (nSPS) is 18.8. The molecule has 4 nitrogen and oxygen atoms in total. The van der Waals surface area contributed by atoms with Gasteiger partial charge >= 0.3 is 0 Å². The van der Waals surface area contributed by atoms with E-state index < -0.39 is 0 Å². The van der Waals surface area contributed by atoms with E-state index in [4.69, 9.17) is 11.6 Å². The number of rotatable bonds is 3. The van der Waals surface area contributed by atoms with Gasteiger partial charge in [0, 0.05) is 25.7 Å². The molecule has 1 aliphatic heterocycles. The highest BCUT2D eigenvalue weighted by Gasteiger charge is 2.26. The molecule has 1 aliphatic rings. The molecule has 2 rings (SSSR count). The Morgan fingerprint density at radius 3 is 2.75 bits per heavy atom. The SMILES string of the molecule is CNC(=O)C1CCCN(c2ccc(C(C)=O)cc2Cl)C1. The smallest absolute Gasteiger partial charge is 0.224 e. The average molecular weight is 295 g/mol. The number of piperidine rings is 1. The highest BCUT2D eigenvalue weighted by atomic mass is 35.5. The van der Waals surface area contributed by atoms with E-state index in [0.29, 0.717) is 17.1 Å². The molecule has 1 amide bonds. The molecule has 1 fully saturated rings. The number of hydrogen-bond donors (Lipinski definition) is 1. The standard InChI is InChI=1S/C15H19ClN2O2/c1-10(19)11-5-6-14(13(16)8-11)18-7-3-4-12(9-18)15(20)17-2/h5-6,8,12H,3-4,7,9H2,1-2H3,(H,17,20). The van der Waals surface area contributed by atoms with Crippen LogP contribution in [0.15, 0.2) is 18.2 Å². The van der Waals surface area contributed by atoms with Crippen molar-refractivity contribution in [2.24, 2.45) is 5.92 Å². The summed E-state index contributed by atoms with van der Waals surface area (Å²) >= 11 is 6.27. The van der Waals surface area contributed by atoms with Gasteiger partial charge in [0.15, 0.2) is 5.78 Å². The molecule has 108 valence electrons. The maximum atomic E-state index is 11.8. The van der Waals surface area contributed by atoms with Crippen LogP contribution in [-0.4, -0.2) is 31.8 Å². The highest BCUT2D eigenvalue weighted by Crippen LogP contribution is 2.30. The minimum absolute atomic E-state index is 0.000307. The van der Waals surface area contributed by atoms with E-state index in [0.717, 1.165) is 25.1 Å². The van der Waals surface area contributed by atoms with Crippen molar-refractivity contribution in [3.63, 3.8) is 0 Å². The van der Waals surface area contributed by atoms with E-state index in [1.807, 2.05) is 6.07 Å². The molecule has 0 aromatic heterocycles. The van der Waals surface area contributed by atoms with Crippen LogP contribution in [0.4, 0.5) is 5.69 Å². The topological polar surface area (TPSA) is 49.4 Å². The Labute approximate surface area is 124 Å². The van der Waals surface area contributed by atoms with Crippen LogP contribution in [-0.2, 0) is 4.79 Å². The first-order valence-corrected chi connectivity index (χ1v) is 7.17. The van der Waals surface area contributed by atoms with Crippen molar-refractivity contribution in [1.82, 2.24) is 5.32 Å². The number of halogens is 1. The molecule has 0 spiro atoms. The van der Waals surface area contributed by atoms with E-state index in [-0.39, 0.29) is 17.6 Å². The number of carbonyl (C=O) groups excluding carboxylic acids is 2. The van der Waals surface area contributed by atoms with Gasteiger partial charge in [0.25, 0.3) is 0 Å². The van der Waals surface area contributed by atoms with Gasteiger partial charge in [0.2, 0.25) is 5.91 Å². The third kappa shape index (κ3) is 3.12. The van der Waals surface area contributed by atoms with Crippen LogP contribution in [0.5, 0.6) is 0 Å². The highest BCUT2D eigenvalue weighted by molar-refractivity contribution is 6.33. The van der Waals surface area contributed by atoms with E-state index in [1.165, 1.54) is 6.92 Å². The second-order valence-electron chi connectivity index (χ2n) is 5.12. The Hall–Kier alpha value is -1.55. The first-order chi connectivity index (χ1) is 9.52. The summed E-state index contributed by atoms with van der Waals surface area (Å²) in [6, 6.07) is 5.35. The Bertz CT molecular complexity index is 531. The summed E-state index contributed by atoms with van der Waals surface area (Å²) in [5.41, 5.74) is 1.50. The van der Waals surface area contributed by atoms with Crippen LogP contribution < -0.4 is 10.2 Å². The lowest BCUT2D eigenvalue weighted by Gasteiger charge is -2.34. The molecule has 1 N–H and O–H groups in total. The predicted octanol–water partition coefficient (Wildman–Crippen LogP) is 2.51. The summed E-state index contributed by atoms with van der Waals surface area (Å²) in [6.45, 7) is 3.07.